The van der Waals surface area contributed by atoms with Gasteiger partial charge in [-0.1, -0.05) is 38.1 Å². The molecule has 0 saturated carbocycles. The van der Waals surface area contributed by atoms with Crippen molar-refractivity contribution in [3.63, 3.8) is 0 Å². The molecule has 5 rings (SSSR count). The van der Waals surface area contributed by atoms with E-state index >= 15 is 0 Å². The predicted molar refractivity (Wildman–Crippen MR) is 150 cm³/mol. The number of hydrogen-bond acceptors (Lipinski definition) is 4. The Labute approximate surface area is 220 Å². The summed E-state index contributed by atoms with van der Waals surface area (Å²) in [5.41, 5.74) is 4.05. The number of halogens is 1. The van der Waals surface area contributed by atoms with Gasteiger partial charge in [0.25, 0.3) is 5.56 Å². The van der Waals surface area contributed by atoms with Gasteiger partial charge in [-0.15, -0.1) is 0 Å². The molecule has 0 N–H and O–H groups in total. The van der Waals surface area contributed by atoms with Gasteiger partial charge < -0.3 is 9.30 Å². The Morgan fingerprint density at radius 1 is 1.05 bits per heavy atom. The van der Waals surface area contributed by atoms with E-state index in [-0.39, 0.29) is 17.3 Å². The molecule has 5 aromatic rings. The number of fused-ring (bicyclic) bond motifs is 1. The zero-order valence-corrected chi connectivity index (χ0v) is 21.9. The van der Waals surface area contributed by atoms with Gasteiger partial charge in [0.1, 0.15) is 11.6 Å². The fourth-order valence-electron chi connectivity index (χ4n) is 4.56. The van der Waals surface area contributed by atoms with Crippen LogP contribution in [0.1, 0.15) is 43.5 Å². The van der Waals surface area contributed by atoms with Crippen molar-refractivity contribution in [2.24, 2.45) is 5.10 Å². The van der Waals surface area contributed by atoms with E-state index in [1.54, 1.807) is 41.2 Å². The van der Waals surface area contributed by atoms with Gasteiger partial charge in [0, 0.05) is 11.8 Å². The maximum Gasteiger partial charge on any atom is 0.282 e. The third kappa shape index (κ3) is 4.63. The highest BCUT2D eigenvalue weighted by molar-refractivity contribution is 5.82. The molecular formula is C31H29FN4O2. The second-order valence-corrected chi connectivity index (χ2v) is 9.36. The van der Waals surface area contributed by atoms with Crippen molar-refractivity contribution in [2.45, 2.75) is 33.6 Å². The maximum atomic E-state index is 14.5. The first-order valence-electron chi connectivity index (χ1n) is 12.6. The summed E-state index contributed by atoms with van der Waals surface area (Å²) in [5.74, 6) is 1.10. The lowest BCUT2D eigenvalue weighted by atomic mass is 9.96. The second-order valence-electron chi connectivity index (χ2n) is 9.36. The lowest BCUT2D eigenvalue weighted by molar-refractivity contribution is 0.335. The number of hydrogen-bond donors (Lipinski definition) is 0. The Bertz CT molecular complexity index is 1720. The molecule has 0 unspecified atom stereocenters. The molecule has 0 aliphatic rings. The predicted octanol–water partition coefficient (Wildman–Crippen LogP) is 6.71. The second kappa shape index (κ2) is 10.5. The highest BCUT2D eigenvalue weighted by atomic mass is 19.1. The van der Waals surface area contributed by atoms with E-state index < -0.39 is 0 Å². The Kier molecular flexibility index (Phi) is 6.92. The highest BCUT2D eigenvalue weighted by Crippen LogP contribution is 2.34. The van der Waals surface area contributed by atoms with Crippen LogP contribution in [0, 0.1) is 12.7 Å². The van der Waals surface area contributed by atoms with Crippen molar-refractivity contribution in [2.75, 3.05) is 6.61 Å². The molecule has 0 aliphatic heterocycles. The summed E-state index contributed by atoms with van der Waals surface area (Å²) in [4.78, 5) is 18.6. The summed E-state index contributed by atoms with van der Waals surface area (Å²) in [6, 6.07) is 21.4. The number of benzene rings is 3. The maximum absolute atomic E-state index is 14.5. The van der Waals surface area contributed by atoms with Gasteiger partial charge in [-0.2, -0.15) is 9.78 Å². The normalized spacial score (nSPS) is 11.6. The molecule has 2 aromatic heterocycles. The van der Waals surface area contributed by atoms with Gasteiger partial charge in [0.05, 0.1) is 35.1 Å². The fourth-order valence-corrected chi connectivity index (χ4v) is 4.56. The summed E-state index contributed by atoms with van der Waals surface area (Å²) < 4.78 is 23.4. The minimum absolute atomic E-state index is 0.198. The van der Waals surface area contributed by atoms with E-state index in [0.29, 0.717) is 34.7 Å². The van der Waals surface area contributed by atoms with Crippen LogP contribution in [0.25, 0.3) is 28.0 Å². The zero-order valence-electron chi connectivity index (χ0n) is 21.9. The molecule has 2 heterocycles. The van der Waals surface area contributed by atoms with Crippen molar-refractivity contribution in [1.29, 1.82) is 0 Å². The van der Waals surface area contributed by atoms with Gasteiger partial charge in [-0.3, -0.25) is 4.79 Å². The number of aromatic nitrogens is 3. The molecular weight excluding hydrogens is 479 g/mol. The van der Waals surface area contributed by atoms with Crippen LogP contribution in [0.15, 0.2) is 88.9 Å². The lowest BCUT2D eigenvalue weighted by Crippen LogP contribution is -2.21. The number of nitrogens with zero attached hydrogens (tertiary/aromatic N) is 4. The van der Waals surface area contributed by atoms with Crippen molar-refractivity contribution < 1.29 is 9.13 Å². The molecule has 0 atom stereocenters. The van der Waals surface area contributed by atoms with Crippen LogP contribution in [0.2, 0.25) is 0 Å². The third-order valence-corrected chi connectivity index (χ3v) is 6.47. The van der Waals surface area contributed by atoms with E-state index in [0.717, 1.165) is 22.4 Å². The molecule has 6 nitrogen and oxygen atoms in total. The molecule has 38 heavy (non-hydrogen) atoms. The number of aryl methyl sites for hydroxylation is 1. The summed E-state index contributed by atoms with van der Waals surface area (Å²) >= 11 is 0. The molecule has 7 heteroatoms. The zero-order chi connectivity index (χ0) is 26.8. The molecule has 0 aliphatic carbocycles. The average Bonchev–Trinajstić information content (AvgIpc) is 3.37. The van der Waals surface area contributed by atoms with E-state index in [2.05, 4.69) is 18.9 Å². The number of rotatable bonds is 7. The van der Waals surface area contributed by atoms with E-state index in [1.807, 2.05) is 56.3 Å². The van der Waals surface area contributed by atoms with Crippen molar-refractivity contribution in [1.82, 2.24) is 14.2 Å². The first-order chi connectivity index (χ1) is 18.4. The first-order valence-corrected chi connectivity index (χ1v) is 12.6. The van der Waals surface area contributed by atoms with Crippen LogP contribution in [0.4, 0.5) is 4.39 Å². The lowest BCUT2D eigenvalue weighted by Gasteiger charge is -2.18. The molecule has 0 saturated heterocycles. The third-order valence-electron chi connectivity index (χ3n) is 6.47. The van der Waals surface area contributed by atoms with Crippen molar-refractivity contribution in [3.8, 4) is 22.8 Å². The van der Waals surface area contributed by atoms with Gasteiger partial charge >= 0.3 is 0 Å². The Hall–Kier alpha value is -4.52. The van der Waals surface area contributed by atoms with Crippen molar-refractivity contribution in [3.05, 3.63) is 112 Å². The van der Waals surface area contributed by atoms with Crippen LogP contribution in [0.5, 0.6) is 5.75 Å². The summed E-state index contributed by atoms with van der Waals surface area (Å²) in [6.45, 7) is 8.70. The molecule has 0 bridgehead atoms. The van der Waals surface area contributed by atoms with Crippen LogP contribution >= 0.6 is 0 Å². The monoisotopic (exact) mass is 508 g/mol. The van der Waals surface area contributed by atoms with Crippen LogP contribution in [-0.2, 0) is 0 Å². The average molecular weight is 509 g/mol. The minimum atomic E-state index is -0.352. The Morgan fingerprint density at radius 2 is 1.82 bits per heavy atom. The smallest absolute Gasteiger partial charge is 0.282 e. The Balaban J connectivity index is 1.72. The van der Waals surface area contributed by atoms with E-state index in [9.17, 15) is 9.18 Å². The topological polar surface area (TPSA) is 61.4 Å². The Morgan fingerprint density at radius 3 is 2.58 bits per heavy atom. The van der Waals surface area contributed by atoms with Gasteiger partial charge in [0.2, 0.25) is 0 Å². The van der Waals surface area contributed by atoms with E-state index in [1.165, 1.54) is 10.7 Å². The van der Waals surface area contributed by atoms with E-state index in [4.69, 9.17) is 9.72 Å². The summed E-state index contributed by atoms with van der Waals surface area (Å²) in [7, 11) is 0. The number of ether oxygens (including phenoxy) is 1. The number of para-hydroxylation sites is 2. The molecule has 192 valence electrons. The SMILES string of the molecule is CCOc1cc(C)c(-c2nc3ccccc3c(=O)n2N=Cc2cccn2-c2ccccc2F)cc1C(C)C. The van der Waals surface area contributed by atoms with Crippen LogP contribution in [0.3, 0.4) is 0 Å². The molecule has 0 radical (unpaired) electrons. The van der Waals surface area contributed by atoms with Gasteiger partial charge in [0.15, 0.2) is 5.82 Å². The standard InChI is InChI=1S/C31H29FN4O2/c1-5-38-29-17-21(4)25(18-24(29)20(2)3)30-34-27-14-8-6-12-23(27)31(37)36(30)33-19-22-11-10-16-35(22)28-15-9-7-13-26(28)32/h6-20H,5H2,1-4H3. The van der Waals surface area contributed by atoms with Gasteiger partial charge in [-0.05, 0) is 79.4 Å². The largest absolute Gasteiger partial charge is 0.494 e. The van der Waals surface area contributed by atoms with Crippen LogP contribution < -0.4 is 10.3 Å². The van der Waals surface area contributed by atoms with Crippen LogP contribution in [-0.4, -0.2) is 27.0 Å². The first kappa shape index (κ1) is 25.1. The van der Waals surface area contributed by atoms with Gasteiger partial charge in [-0.25, -0.2) is 9.37 Å². The molecule has 3 aromatic carbocycles. The minimum Gasteiger partial charge on any atom is -0.494 e. The fraction of sp³-hybridized carbons (Fsp3) is 0.194. The summed E-state index contributed by atoms with van der Waals surface area (Å²) in [5, 5.41) is 5.07. The molecule has 0 spiro atoms. The molecule has 0 amide bonds. The molecule has 0 fully saturated rings. The quantitative estimate of drug-likeness (QED) is 0.230. The van der Waals surface area contributed by atoms with Crippen molar-refractivity contribution >= 4 is 17.1 Å². The highest BCUT2D eigenvalue weighted by Gasteiger charge is 2.18. The summed E-state index contributed by atoms with van der Waals surface area (Å²) in [6.07, 6.45) is 3.31.